The number of amides is 1. The fraction of sp³-hybridized carbons (Fsp3) is 0.900. The predicted molar refractivity (Wildman–Crippen MR) is 63.7 cm³/mol. The molecule has 0 spiro atoms. The number of nitrogens with one attached hydrogen (secondary N) is 1. The molecule has 0 rings (SSSR count). The smallest absolute Gasteiger partial charge is 0.244 e. The zero-order valence-electron chi connectivity index (χ0n) is 10.4. The molecule has 102 valence electrons. The summed E-state index contributed by atoms with van der Waals surface area (Å²) in [4.78, 5) is 11.7. The SMILES string of the molecule is CCC(CO)(CO)C(=O)NS(=O)(=O)CC(C)C. The molecule has 0 aromatic heterocycles. The fourth-order valence-corrected chi connectivity index (χ4v) is 2.77. The lowest BCUT2D eigenvalue weighted by molar-refractivity contribution is -0.134. The van der Waals surface area contributed by atoms with Crippen molar-refractivity contribution in [3.05, 3.63) is 0 Å². The van der Waals surface area contributed by atoms with Crippen LogP contribution in [0.4, 0.5) is 0 Å². The van der Waals surface area contributed by atoms with Crippen molar-refractivity contribution in [2.24, 2.45) is 11.3 Å². The summed E-state index contributed by atoms with van der Waals surface area (Å²) >= 11 is 0. The molecule has 0 unspecified atom stereocenters. The molecule has 0 saturated heterocycles. The van der Waals surface area contributed by atoms with Gasteiger partial charge in [0.05, 0.1) is 24.4 Å². The minimum atomic E-state index is -3.72. The van der Waals surface area contributed by atoms with E-state index in [1.807, 2.05) is 4.72 Å². The van der Waals surface area contributed by atoms with E-state index < -0.39 is 34.6 Å². The third-order valence-corrected chi connectivity index (χ3v) is 4.17. The molecule has 0 aromatic rings. The number of hydrogen-bond acceptors (Lipinski definition) is 5. The molecule has 0 fully saturated rings. The van der Waals surface area contributed by atoms with Crippen molar-refractivity contribution >= 4 is 15.9 Å². The van der Waals surface area contributed by atoms with Gasteiger partial charge in [0.25, 0.3) is 0 Å². The molecule has 3 N–H and O–H groups in total. The largest absolute Gasteiger partial charge is 0.395 e. The van der Waals surface area contributed by atoms with E-state index in [0.717, 1.165) is 0 Å². The molecule has 0 saturated carbocycles. The van der Waals surface area contributed by atoms with Crippen LogP contribution < -0.4 is 4.72 Å². The number of aliphatic hydroxyl groups is 2. The summed E-state index contributed by atoms with van der Waals surface area (Å²) in [6.45, 7) is 3.84. The third kappa shape index (κ3) is 4.61. The first-order valence-electron chi connectivity index (χ1n) is 5.49. The molecule has 0 aliphatic heterocycles. The highest BCUT2D eigenvalue weighted by atomic mass is 32.2. The summed E-state index contributed by atoms with van der Waals surface area (Å²) in [5.41, 5.74) is -1.44. The zero-order valence-corrected chi connectivity index (χ0v) is 11.2. The first kappa shape index (κ1) is 16.3. The second kappa shape index (κ2) is 6.32. The molecule has 0 heterocycles. The molecule has 0 aliphatic rings. The van der Waals surface area contributed by atoms with Crippen LogP contribution in [0.3, 0.4) is 0 Å². The topological polar surface area (TPSA) is 104 Å². The summed E-state index contributed by atoms with van der Waals surface area (Å²) < 4.78 is 25.0. The van der Waals surface area contributed by atoms with E-state index >= 15 is 0 Å². The normalized spacial score (nSPS) is 12.8. The highest BCUT2D eigenvalue weighted by Crippen LogP contribution is 2.21. The van der Waals surface area contributed by atoms with Crippen molar-refractivity contribution in [1.82, 2.24) is 4.72 Å². The average Bonchev–Trinajstić information content (AvgIpc) is 2.18. The monoisotopic (exact) mass is 267 g/mol. The van der Waals surface area contributed by atoms with Gasteiger partial charge in [-0.05, 0) is 12.3 Å². The first-order chi connectivity index (χ1) is 7.73. The molecular weight excluding hydrogens is 246 g/mol. The zero-order chi connectivity index (χ0) is 13.7. The van der Waals surface area contributed by atoms with Gasteiger partial charge in [-0.25, -0.2) is 8.42 Å². The van der Waals surface area contributed by atoms with Gasteiger partial charge < -0.3 is 10.2 Å². The van der Waals surface area contributed by atoms with Crippen LogP contribution in [0.25, 0.3) is 0 Å². The van der Waals surface area contributed by atoms with Crippen LogP contribution in [0, 0.1) is 11.3 Å². The highest BCUT2D eigenvalue weighted by Gasteiger charge is 2.37. The van der Waals surface area contributed by atoms with Crippen LogP contribution in [-0.2, 0) is 14.8 Å². The number of carbonyl (C=O) groups is 1. The molecule has 0 bridgehead atoms. The van der Waals surface area contributed by atoms with Gasteiger partial charge in [-0.3, -0.25) is 9.52 Å². The summed E-state index contributed by atoms with van der Waals surface area (Å²) in [6.07, 6.45) is 0.156. The van der Waals surface area contributed by atoms with E-state index in [9.17, 15) is 13.2 Å². The maximum absolute atomic E-state index is 11.7. The molecule has 0 atom stereocenters. The van der Waals surface area contributed by atoms with Crippen LogP contribution in [0.5, 0.6) is 0 Å². The van der Waals surface area contributed by atoms with Crippen molar-refractivity contribution in [3.8, 4) is 0 Å². The van der Waals surface area contributed by atoms with E-state index in [2.05, 4.69) is 0 Å². The highest BCUT2D eigenvalue weighted by molar-refractivity contribution is 7.90. The Labute approximate surface area is 102 Å². The lowest BCUT2D eigenvalue weighted by Gasteiger charge is -2.26. The van der Waals surface area contributed by atoms with Crippen LogP contribution in [0.15, 0.2) is 0 Å². The molecular formula is C10H21NO5S. The third-order valence-electron chi connectivity index (χ3n) is 2.56. The standard InChI is InChI=1S/C10H21NO5S/c1-4-10(6-12,7-13)9(14)11-17(15,16)5-8(2)3/h8,12-13H,4-7H2,1-3H3,(H,11,14). The minimum absolute atomic E-state index is 0.112. The van der Waals surface area contributed by atoms with Gasteiger partial charge in [0.1, 0.15) is 0 Å². The van der Waals surface area contributed by atoms with Crippen LogP contribution in [0.2, 0.25) is 0 Å². The van der Waals surface area contributed by atoms with Crippen molar-refractivity contribution in [2.45, 2.75) is 27.2 Å². The van der Waals surface area contributed by atoms with E-state index in [4.69, 9.17) is 10.2 Å². The van der Waals surface area contributed by atoms with Crippen LogP contribution >= 0.6 is 0 Å². The number of carbonyl (C=O) groups excluding carboxylic acids is 1. The Balaban J connectivity index is 4.85. The van der Waals surface area contributed by atoms with Crippen molar-refractivity contribution < 1.29 is 23.4 Å². The van der Waals surface area contributed by atoms with Gasteiger partial charge in [0.2, 0.25) is 15.9 Å². The number of hydrogen-bond donors (Lipinski definition) is 3. The number of sulfonamides is 1. The van der Waals surface area contributed by atoms with Gasteiger partial charge >= 0.3 is 0 Å². The van der Waals surface area contributed by atoms with Crippen molar-refractivity contribution in [3.63, 3.8) is 0 Å². The maximum Gasteiger partial charge on any atom is 0.244 e. The molecule has 0 aromatic carbocycles. The quantitative estimate of drug-likeness (QED) is 0.575. The first-order valence-corrected chi connectivity index (χ1v) is 7.15. The van der Waals surface area contributed by atoms with Gasteiger partial charge in [0.15, 0.2) is 0 Å². The summed E-state index contributed by atoms with van der Waals surface area (Å²) in [6, 6.07) is 0. The lowest BCUT2D eigenvalue weighted by Crippen LogP contribution is -2.48. The lowest BCUT2D eigenvalue weighted by atomic mass is 9.86. The number of aliphatic hydroxyl groups excluding tert-OH is 2. The molecule has 6 nitrogen and oxygen atoms in total. The maximum atomic E-state index is 11.7. The van der Waals surface area contributed by atoms with E-state index in [1.165, 1.54) is 0 Å². The molecule has 0 radical (unpaired) electrons. The van der Waals surface area contributed by atoms with Gasteiger partial charge in [-0.2, -0.15) is 0 Å². The van der Waals surface area contributed by atoms with Crippen molar-refractivity contribution in [1.29, 1.82) is 0 Å². The van der Waals surface area contributed by atoms with Gasteiger partial charge in [0, 0.05) is 0 Å². The minimum Gasteiger partial charge on any atom is -0.395 e. The Kier molecular flexibility index (Phi) is 6.08. The Morgan fingerprint density at radius 1 is 1.29 bits per heavy atom. The summed E-state index contributed by atoms with van der Waals surface area (Å²) in [5, 5.41) is 18.2. The van der Waals surface area contributed by atoms with E-state index in [1.54, 1.807) is 20.8 Å². The second-order valence-electron chi connectivity index (χ2n) is 4.56. The fourth-order valence-electron chi connectivity index (χ4n) is 1.31. The predicted octanol–water partition coefficient (Wildman–Crippen LogP) is -0.531. The molecule has 7 heteroatoms. The van der Waals surface area contributed by atoms with Crippen molar-refractivity contribution in [2.75, 3.05) is 19.0 Å². The van der Waals surface area contributed by atoms with E-state index in [-0.39, 0.29) is 18.1 Å². The number of rotatable bonds is 7. The Hall–Kier alpha value is -0.660. The molecule has 1 amide bonds. The summed E-state index contributed by atoms with van der Waals surface area (Å²) in [5.74, 6) is -1.14. The van der Waals surface area contributed by atoms with Gasteiger partial charge in [-0.15, -0.1) is 0 Å². The Bertz CT molecular complexity index is 337. The Morgan fingerprint density at radius 2 is 1.76 bits per heavy atom. The molecule has 0 aliphatic carbocycles. The van der Waals surface area contributed by atoms with Gasteiger partial charge in [-0.1, -0.05) is 20.8 Å². The van der Waals surface area contributed by atoms with E-state index in [0.29, 0.717) is 0 Å². The second-order valence-corrected chi connectivity index (χ2v) is 6.32. The van der Waals surface area contributed by atoms with Crippen LogP contribution in [-0.4, -0.2) is 43.5 Å². The molecule has 17 heavy (non-hydrogen) atoms. The Morgan fingerprint density at radius 3 is 2.06 bits per heavy atom. The summed E-state index contributed by atoms with van der Waals surface area (Å²) in [7, 11) is -3.72. The van der Waals surface area contributed by atoms with Crippen LogP contribution in [0.1, 0.15) is 27.2 Å². The average molecular weight is 267 g/mol.